The van der Waals surface area contributed by atoms with Crippen LogP contribution in [-0.2, 0) is 20.2 Å². The van der Waals surface area contributed by atoms with Crippen LogP contribution in [0.15, 0.2) is 48.5 Å². The van der Waals surface area contributed by atoms with Crippen molar-refractivity contribution in [1.82, 2.24) is 0 Å². The first kappa shape index (κ1) is 21.5. The summed E-state index contributed by atoms with van der Waals surface area (Å²) in [6.45, 7) is 6.28. The Balaban J connectivity index is 2.11. The highest BCUT2D eigenvalue weighted by atomic mass is 32.2. The predicted molar refractivity (Wildman–Crippen MR) is 112 cm³/mol. The summed E-state index contributed by atoms with van der Waals surface area (Å²) in [5, 5.41) is 11.6. The van der Waals surface area contributed by atoms with E-state index in [1.165, 1.54) is 4.31 Å². The molecule has 1 N–H and O–H groups in total. The summed E-state index contributed by atoms with van der Waals surface area (Å²) in [6.07, 6.45) is 1.11. The van der Waals surface area contributed by atoms with Crippen LogP contribution < -0.4 is 9.62 Å². The van der Waals surface area contributed by atoms with Gasteiger partial charge < -0.3 is 5.32 Å². The maximum absolute atomic E-state index is 12.2. The first-order valence-corrected chi connectivity index (χ1v) is 10.7. The largest absolute Gasteiger partial charge is 0.326 e. The van der Waals surface area contributed by atoms with Gasteiger partial charge in [0.05, 0.1) is 23.6 Å². The van der Waals surface area contributed by atoms with Gasteiger partial charge in [0, 0.05) is 18.7 Å². The zero-order valence-electron chi connectivity index (χ0n) is 16.6. The maximum Gasteiger partial charge on any atom is 0.232 e. The lowest BCUT2D eigenvalue weighted by molar-refractivity contribution is -0.116. The van der Waals surface area contributed by atoms with E-state index in [4.69, 9.17) is 5.26 Å². The molecule has 0 heterocycles. The molecule has 0 unspecified atom stereocenters. The average Bonchev–Trinajstić information content (AvgIpc) is 2.60. The van der Waals surface area contributed by atoms with Crippen molar-refractivity contribution in [2.24, 2.45) is 0 Å². The van der Waals surface area contributed by atoms with Gasteiger partial charge in [-0.05, 0) is 41.3 Å². The van der Waals surface area contributed by atoms with Crippen molar-refractivity contribution < 1.29 is 13.2 Å². The Hall–Kier alpha value is -2.85. The number of nitriles is 1. The van der Waals surface area contributed by atoms with Crippen molar-refractivity contribution >= 4 is 27.3 Å². The number of nitrogens with zero attached hydrogens (tertiary/aromatic N) is 2. The zero-order valence-corrected chi connectivity index (χ0v) is 17.4. The monoisotopic (exact) mass is 399 g/mol. The highest BCUT2D eigenvalue weighted by Crippen LogP contribution is 2.26. The van der Waals surface area contributed by atoms with Gasteiger partial charge >= 0.3 is 0 Å². The van der Waals surface area contributed by atoms with E-state index in [0.717, 1.165) is 11.8 Å². The molecule has 0 fully saturated rings. The van der Waals surface area contributed by atoms with Crippen LogP contribution in [0.3, 0.4) is 0 Å². The Labute approximate surface area is 166 Å². The first-order valence-electron chi connectivity index (χ1n) is 8.89. The van der Waals surface area contributed by atoms with Gasteiger partial charge in [0.2, 0.25) is 15.9 Å². The quantitative estimate of drug-likeness (QED) is 0.803. The van der Waals surface area contributed by atoms with Crippen LogP contribution in [0.5, 0.6) is 0 Å². The Kier molecular flexibility index (Phi) is 6.47. The van der Waals surface area contributed by atoms with Crippen molar-refractivity contribution in [1.29, 1.82) is 5.26 Å². The van der Waals surface area contributed by atoms with Gasteiger partial charge in [0.15, 0.2) is 0 Å². The number of carbonyl (C=O) groups excluding carboxylic acids is 1. The molecule has 0 aliphatic heterocycles. The number of carbonyl (C=O) groups is 1. The van der Waals surface area contributed by atoms with E-state index >= 15 is 0 Å². The smallest absolute Gasteiger partial charge is 0.232 e. The number of sulfonamides is 1. The van der Waals surface area contributed by atoms with Crippen molar-refractivity contribution in [2.45, 2.75) is 32.6 Å². The molecule has 0 aliphatic carbocycles. The molecule has 7 heteroatoms. The van der Waals surface area contributed by atoms with Crippen molar-refractivity contribution in [3.63, 3.8) is 0 Å². The third-order valence-corrected chi connectivity index (χ3v) is 5.43. The molecule has 6 nitrogen and oxygen atoms in total. The minimum absolute atomic E-state index is 0.00905. The van der Waals surface area contributed by atoms with E-state index in [1.54, 1.807) is 36.4 Å². The molecule has 0 spiro atoms. The lowest BCUT2D eigenvalue weighted by Crippen LogP contribution is -2.33. The normalized spacial score (nSPS) is 11.5. The van der Waals surface area contributed by atoms with E-state index in [2.05, 4.69) is 26.1 Å². The fourth-order valence-corrected chi connectivity index (χ4v) is 3.63. The van der Waals surface area contributed by atoms with E-state index < -0.39 is 10.0 Å². The minimum atomic E-state index is -3.54. The molecule has 0 radical (unpaired) electrons. The van der Waals surface area contributed by atoms with E-state index in [-0.39, 0.29) is 24.3 Å². The van der Waals surface area contributed by atoms with Crippen LogP contribution in [0.2, 0.25) is 0 Å². The van der Waals surface area contributed by atoms with Crippen LogP contribution in [0, 0.1) is 11.3 Å². The molecule has 2 rings (SSSR count). The Morgan fingerprint density at radius 2 is 1.79 bits per heavy atom. The van der Waals surface area contributed by atoms with E-state index in [1.807, 2.05) is 18.2 Å². The fraction of sp³-hybridized carbons (Fsp3) is 0.333. The van der Waals surface area contributed by atoms with E-state index in [9.17, 15) is 13.2 Å². The lowest BCUT2D eigenvalue weighted by Gasteiger charge is -2.24. The van der Waals surface area contributed by atoms with Gasteiger partial charge in [-0.2, -0.15) is 5.26 Å². The summed E-state index contributed by atoms with van der Waals surface area (Å²) >= 11 is 0. The second kappa shape index (κ2) is 8.44. The van der Waals surface area contributed by atoms with Gasteiger partial charge in [-0.3, -0.25) is 9.10 Å². The summed E-state index contributed by atoms with van der Waals surface area (Å²) in [6, 6.07) is 15.9. The summed E-state index contributed by atoms with van der Waals surface area (Å²) in [7, 11) is -3.54. The molecule has 0 saturated heterocycles. The van der Waals surface area contributed by atoms with Crippen LogP contribution in [0.1, 0.15) is 38.3 Å². The summed E-state index contributed by atoms with van der Waals surface area (Å²) < 4.78 is 25.7. The molecule has 28 heavy (non-hydrogen) atoms. The Morgan fingerprint density at radius 1 is 1.14 bits per heavy atom. The van der Waals surface area contributed by atoms with Gasteiger partial charge in [-0.25, -0.2) is 8.42 Å². The number of hydrogen-bond acceptors (Lipinski definition) is 4. The lowest BCUT2D eigenvalue weighted by atomic mass is 9.87. The molecular formula is C21H25N3O3S. The SMILES string of the molecule is CC(C)(C)c1ccc(N(CCC(=O)Nc2cccc(C#N)c2)S(C)(=O)=O)cc1. The van der Waals surface area contributed by atoms with Crippen LogP contribution in [0.4, 0.5) is 11.4 Å². The van der Waals surface area contributed by atoms with Gasteiger partial charge in [-0.15, -0.1) is 0 Å². The molecule has 2 aromatic rings. The molecule has 1 amide bonds. The Bertz CT molecular complexity index is 985. The first-order chi connectivity index (χ1) is 13.0. The van der Waals surface area contributed by atoms with E-state index in [0.29, 0.717) is 16.9 Å². The number of anilines is 2. The standard InChI is InChI=1S/C21H25N3O3S/c1-21(2,3)17-8-10-19(11-9-17)24(28(4,26)27)13-12-20(25)23-18-7-5-6-16(14-18)15-22/h5-11,14H,12-13H2,1-4H3,(H,23,25). The van der Waals surface area contributed by atoms with Crippen LogP contribution in [-0.4, -0.2) is 27.1 Å². The summed E-state index contributed by atoms with van der Waals surface area (Å²) in [4.78, 5) is 12.2. The molecule has 2 aromatic carbocycles. The molecule has 0 bridgehead atoms. The second-order valence-corrected chi connectivity index (χ2v) is 9.53. The average molecular weight is 400 g/mol. The highest BCUT2D eigenvalue weighted by Gasteiger charge is 2.20. The maximum atomic E-state index is 12.2. The molecular weight excluding hydrogens is 374 g/mol. The van der Waals surface area contributed by atoms with Crippen molar-refractivity contribution in [3.8, 4) is 6.07 Å². The number of hydrogen-bond donors (Lipinski definition) is 1. The van der Waals surface area contributed by atoms with Crippen molar-refractivity contribution in [2.75, 3.05) is 22.4 Å². The molecule has 0 aliphatic rings. The van der Waals surface area contributed by atoms with Gasteiger partial charge in [-0.1, -0.05) is 39.0 Å². The third kappa shape index (κ3) is 5.83. The van der Waals surface area contributed by atoms with Crippen LogP contribution >= 0.6 is 0 Å². The second-order valence-electron chi connectivity index (χ2n) is 7.62. The highest BCUT2D eigenvalue weighted by molar-refractivity contribution is 7.92. The Morgan fingerprint density at radius 3 is 2.32 bits per heavy atom. The number of benzene rings is 2. The predicted octanol–water partition coefficient (Wildman–Crippen LogP) is 3.65. The molecule has 0 atom stereocenters. The number of rotatable bonds is 6. The fourth-order valence-electron chi connectivity index (χ4n) is 2.71. The summed E-state index contributed by atoms with van der Waals surface area (Å²) in [5.74, 6) is -0.324. The minimum Gasteiger partial charge on any atom is -0.326 e. The number of nitrogens with one attached hydrogen (secondary N) is 1. The molecule has 0 aromatic heterocycles. The third-order valence-electron chi connectivity index (χ3n) is 4.24. The van der Waals surface area contributed by atoms with Crippen molar-refractivity contribution in [3.05, 3.63) is 59.7 Å². The van der Waals surface area contributed by atoms with Gasteiger partial charge in [0.1, 0.15) is 0 Å². The van der Waals surface area contributed by atoms with Gasteiger partial charge in [0.25, 0.3) is 0 Å². The molecule has 148 valence electrons. The summed E-state index contributed by atoms with van der Waals surface area (Å²) in [5.41, 5.74) is 2.53. The molecule has 0 saturated carbocycles. The number of amides is 1. The van der Waals surface area contributed by atoms with Crippen LogP contribution in [0.25, 0.3) is 0 Å². The topological polar surface area (TPSA) is 90.3 Å². The zero-order chi connectivity index (χ0) is 20.9.